The first-order valence-corrected chi connectivity index (χ1v) is 11.3. The van der Waals surface area contributed by atoms with E-state index in [-0.39, 0.29) is 6.61 Å². The second kappa shape index (κ2) is 11.5. The van der Waals surface area contributed by atoms with Crippen LogP contribution in [0.15, 0.2) is 47.3 Å². The molecule has 2 amide bonds. The molecule has 11 nitrogen and oxygen atoms in total. The van der Waals surface area contributed by atoms with Gasteiger partial charge in [0.1, 0.15) is 11.5 Å². The van der Waals surface area contributed by atoms with Crippen molar-refractivity contribution >= 4 is 17.5 Å². The number of nitrogens with two attached hydrogens (primary N) is 1. The number of methoxy groups -OCH3 is 4. The zero-order valence-corrected chi connectivity index (χ0v) is 21.7. The molecular formula is C26H31N3O8. The fourth-order valence-corrected chi connectivity index (χ4v) is 3.89. The van der Waals surface area contributed by atoms with Crippen LogP contribution in [0.25, 0.3) is 11.3 Å². The molecule has 1 heterocycles. The lowest BCUT2D eigenvalue weighted by Gasteiger charge is -2.38. The minimum Gasteiger partial charge on any atom is -0.496 e. The smallest absolute Gasteiger partial charge is 0.316 e. The van der Waals surface area contributed by atoms with E-state index in [2.05, 4.69) is 4.98 Å². The van der Waals surface area contributed by atoms with Gasteiger partial charge in [-0.25, -0.2) is 4.98 Å². The van der Waals surface area contributed by atoms with Crippen LogP contribution in [-0.4, -0.2) is 57.4 Å². The number of oxazole rings is 1. The highest BCUT2D eigenvalue weighted by Gasteiger charge is 2.35. The molecule has 198 valence electrons. The number of amides is 2. The lowest BCUT2D eigenvalue weighted by atomic mass is 9.96. The maximum absolute atomic E-state index is 13.0. The normalized spacial score (nSPS) is 11.0. The van der Waals surface area contributed by atoms with Gasteiger partial charge in [-0.1, -0.05) is 0 Å². The first-order chi connectivity index (χ1) is 17.7. The molecule has 37 heavy (non-hydrogen) atoms. The Morgan fingerprint density at radius 2 is 1.62 bits per heavy atom. The molecule has 0 aliphatic carbocycles. The predicted octanol–water partition coefficient (Wildman–Crippen LogP) is 3.44. The summed E-state index contributed by atoms with van der Waals surface area (Å²) < 4.78 is 32.9. The Bertz CT molecular complexity index is 1220. The van der Waals surface area contributed by atoms with Crippen LogP contribution in [0, 0.1) is 0 Å². The van der Waals surface area contributed by atoms with Crippen molar-refractivity contribution in [3.8, 4) is 40.1 Å². The third-order valence-corrected chi connectivity index (χ3v) is 5.78. The van der Waals surface area contributed by atoms with Gasteiger partial charge in [0.2, 0.25) is 5.75 Å². The molecule has 3 rings (SSSR count). The van der Waals surface area contributed by atoms with Crippen LogP contribution < -0.4 is 34.3 Å². The number of ether oxygens (including phenoxy) is 5. The molecule has 0 atom stereocenters. The number of benzene rings is 2. The van der Waals surface area contributed by atoms with E-state index >= 15 is 0 Å². The molecule has 0 unspecified atom stereocenters. The first-order valence-electron chi connectivity index (χ1n) is 11.3. The number of hydrogen-bond donors (Lipinski definition) is 1. The Hall–Kier alpha value is -4.41. The maximum Gasteiger partial charge on any atom is 0.316 e. The monoisotopic (exact) mass is 513 g/mol. The van der Waals surface area contributed by atoms with Crippen molar-refractivity contribution in [3.05, 3.63) is 42.9 Å². The lowest BCUT2D eigenvalue weighted by Crippen LogP contribution is -2.53. The van der Waals surface area contributed by atoms with Gasteiger partial charge in [-0.3, -0.25) is 14.5 Å². The molecule has 2 N–H and O–H groups in total. The second-order valence-corrected chi connectivity index (χ2v) is 8.53. The number of aromatic nitrogens is 1. The number of hydrogen-bond acceptors (Lipinski definition) is 9. The summed E-state index contributed by atoms with van der Waals surface area (Å²) in [5, 5.41) is 0. The van der Waals surface area contributed by atoms with Crippen molar-refractivity contribution in [2.24, 2.45) is 5.73 Å². The van der Waals surface area contributed by atoms with Gasteiger partial charge in [-0.15, -0.1) is 0 Å². The van der Waals surface area contributed by atoms with Crippen LogP contribution >= 0.6 is 0 Å². The molecule has 11 heteroatoms. The van der Waals surface area contributed by atoms with Crippen LogP contribution in [0.2, 0.25) is 0 Å². The summed E-state index contributed by atoms with van der Waals surface area (Å²) >= 11 is 0. The number of primary amides is 1. The maximum atomic E-state index is 13.0. The van der Waals surface area contributed by atoms with E-state index in [9.17, 15) is 9.59 Å². The Kier molecular flexibility index (Phi) is 8.49. The quantitative estimate of drug-likeness (QED) is 0.382. The standard InChI is InChI=1S/C26H31N3O8/c1-26(2,9-10-36-17-12-20(33-4)23(35-6)21(13-17)34-5)29(25(31)24(27)30)16-7-8-18(19(11-16)32-3)22-14-28-15-37-22/h7-8,11-15H,9-10H2,1-6H3,(H2,27,30). The van der Waals surface area contributed by atoms with E-state index < -0.39 is 17.4 Å². The molecule has 2 aromatic carbocycles. The Balaban J connectivity index is 1.87. The van der Waals surface area contributed by atoms with Crippen molar-refractivity contribution in [1.29, 1.82) is 0 Å². The Morgan fingerprint density at radius 1 is 0.973 bits per heavy atom. The summed E-state index contributed by atoms with van der Waals surface area (Å²) in [7, 11) is 6.04. The van der Waals surface area contributed by atoms with Gasteiger partial charge >= 0.3 is 11.8 Å². The molecule has 0 radical (unpaired) electrons. The van der Waals surface area contributed by atoms with E-state index in [0.29, 0.717) is 52.2 Å². The molecule has 0 fully saturated rings. The molecule has 0 saturated heterocycles. The molecule has 0 spiro atoms. The van der Waals surface area contributed by atoms with Crippen molar-refractivity contribution in [1.82, 2.24) is 4.98 Å². The Morgan fingerprint density at radius 3 is 2.14 bits per heavy atom. The highest BCUT2D eigenvalue weighted by atomic mass is 16.5. The van der Waals surface area contributed by atoms with E-state index in [4.69, 9.17) is 33.8 Å². The minimum atomic E-state index is -1.09. The van der Waals surface area contributed by atoms with Gasteiger partial charge in [0.05, 0.1) is 46.8 Å². The zero-order valence-electron chi connectivity index (χ0n) is 21.7. The van der Waals surface area contributed by atoms with Crippen LogP contribution in [0.1, 0.15) is 20.3 Å². The van der Waals surface area contributed by atoms with Gasteiger partial charge < -0.3 is 33.8 Å². The molecule has 0 aliphatic heterocycles. The van der Waals surface area contributed by atoms with E-state index in [1.165, 1.54) is 39.7 Å². The summed E-state index contributed by atoms with van der Waals surface area (Å²) in [5.74, 6) is 0.787. The predicted molar refractivity (Wildman–Crippen MR) is 135 cm³/mol. The number of carbonyl (C=O) groups excluding carboxylic acids is 2. The third kappa shape index (κ3) is 5.88. The Labute approximate surface area is 215 Å². The minimum absolute atomic E-state index is 0.196. The molecular weight excluding hydrogens is 482 g/mol. The third-order valence-electron chi connectivity index (χ3n) is 5.78. The zero-order chi connectivity index (χ0) is 27.2. The molecule has 3 aromatic rings. The van der Waals surface area contributed by atoms with Crippen molar-refractivity contribution in [2.75, 3.05) is 39.9 Å². The fraction of sp³-hybridized carbons (Fsp3) is 0.346. The van der Waals surface area contributed by atoms with Crippen LogP contribution in [0.5, 0.6) is 28.7 Å². The van der Waals surface area contributed by atoms with Crippen molar-refractivity contribution in [2.45, 2.75) is 25.8 Å². The van der Waals surface area contributed by atoms with Gasteiger partial charge in [-0.05, 0) is 26.0 Å². The summed E-state index contributed by atoms with van der Waals surface area (Å²) in [4.78, 5) is 30.2. The number of nitrogens with zero attached hydrogens (tertiary/aromatic N) is 2. The number of carbonyl (C=O) groups is 2. The molecule has 0 saturated carbocycles. The van der Waals surface area contributed by atoms with E-state index in [1.807, 2.05) is 13.8 Å². The number of rotatable bonds is 11. The van der Waals surface area contributed by atoms with Crippen molar-refractivity contribution < 1.29 is 37.7 Å². The van der Waals surface area contributed by atoms with Crippen LogP contribution in [0.3, 0.4) is 0 Å². The van der Waals surface area contributed by atoms with E-state index in [1.54, 1.807) is 36.5 Å². The van der Waals surface area contributed by atoms with E-state index in [0.717, 1.165) is 0 Å². The average Bonchev–Trinajstić information content (AvgIpc) is 3.42. The van der Waals surface area contributed by atoms with Crippen LogP contribution in [0.4, 0.5) is 5.69 Å². The summed E-state index contributed by atoms with van der Waals surface area (Å²) in [6.45, 7) is 3.81. The highest BCUT2D eigenvalue weighted by molar-refractivity contribution is 6.40. The average molecular weight is 514 g/mol. The van der Waals surface area contributed by atoms with Gasteiger partial charge in [-0.2, -0.15) is 0 Å². The van der Waals surface area contributed by atoms with Gasteiger partial charge in [0.15, 0.2) is 23.7 Å². The lowest BCUT2D eigenvalue weighted by molar-refractivity contribution is -0.136. The van der Waals surface area contributed by atoms with Crippen LogP contribution in [-0.2, 0) is 9.59 Å². The number of anilines is 1. The summed E-state index contributed by atoms with van der Waals surface area (Å²) in [6, 6.07) is 8.39. The summed E-state index contributed by atoms with van der Waals surface area (Å²) in [6.07, 6.45) is 3.20. The molecule has 0 bridgehead atoms. The fourth-order valence-electron chi connectivity index (χ4n) is 3.89. The SMILES string of the molecule is COc1cc(N(C(=O)C(N)=O)C(C)(C)CCOc2cc(OC)c(OC)c(OC)c2)ccc1-c1cnco1. The first kappa shape index (κ1) is 27.2. The highest BCUT2D eigenvalue weighted by Crippen LogP contribution is 2.41. The van der Waals surface area contributed by atoms with Crippen molar-refractivity contribution in [3.63, 3.8) is 0 Å². The largest absolute Gasteiger partial charge is 0.496 e. The second-order valence-electron chi connectivity index (χ2n) is 8.53. The molecule has 0 aliphatic rings. The topological polar surface area (TPSA) is 136 Å². The summed E-state index contributed by atoms with van der Waals surface area (Å²) in [5.41, 5.74) is 5.58. The van der Waals surface area contributed by atoms with Gasteiger partial charge in [0.25, 0.3) is 0 Å². The molecule has 1 aromatic heterocycles. The van der Waals surface area contributed by atoms with Gasteiger partial charge in [0, 0.05) is 35.8 Å².